The number of carbonyl (C=O) groups is 1. The summed E-state index contributed by atoms with van der Waals surface area (Å²) in [5, 5.41) is 10.3. The van der Waals surface area contributed by atoms with Crippen LogP contribution in [0.4, 0.5) is 5.69 Å². The van der Waals surface area contributed by atoms with Crippen molar-refractivity contribution in [2.24, 2.45) is 0 Å². The van der Waals surface area contributed by atoms with Gasteiger partial charge < -0.3 is 9.73 Å². The fourth-order valence-corrected chi connectivity index (χ4v) is 1.68. The number of furan rings is 1. The number of anilines is 1. The average Bonchev–Trinajstić information content (AvgIpc) is 3.13. The lowest BCUT2D eigenvalue weighted by Crippen LogP contribution is -2.10. The first-order chi connectivity index (χ1) is 9.33. The van der Waals surface area contributed by atoms with Crippen LogP contribution in [0.25, 0.3) is 5.69 Å². The highest BCUT2D eigenvalue weighted by molar-refractivity contribution is 6.04. The van der Waals surface area contributed by atoms with Crippen LogP contribution in [0, 0.1) is 0 Å². The first-order valence-electron chi connectivity index (χ1n) is 5.61. The Labute approximate surface area is 108 Å². The van der Waals surface area contributed by atoms with Gasteiger partial charge in [-0.15, -0.1) is 10.2 Å². The number of benzene rings is 1. The fraction of sp³-hybridized carbons (Fsp3) is 0. The van der Waals surface area contributed by atoms with E-state index < -0.39 is 0 Å². The molecular weight excluding hydrogens is 244 g/mol. The zero-order valence-corrected chi connectivity index (χ0v) is 9.85. The van der Waals surface area contributed by atoms with Gasteiger partial charge in [-0.3, -0.25) is 9.36 Å². The summed E-state index contributed by atoms with van der Waals surface area (Å²) in [4.78, 5) is 11.9. The summed E-state index contributed by atoms with van der Waals surface area (Å²) >= 11 is 0. The molecule has 0 atom stereocenters. The third-order valence-electron chi connectivity index (χ3n) is 2.60. The minimum Gasteiger partial charge on any atom is -0.472 e. The Kier molecular flexibility index (Phi) is 2.82. The number of hydrogen-bond donors (Lipinski definition) is 1. The van der Waals surface area contributed by atoms with Gasteiger partial charge in [0.1, 0.15) is 18.9 Å². The van der Waals surface area contributed by atoms with E-state index in [0.29, 0.717) is 11.3 Å². The second-order valence-corrected chi connectivity index (χ2v) is 3.89. The van der Waals surface area contributed by atoms with E-state index in [0.717, 1.165) is 5.69 Å². The van der Waals surface area contributed by atoms with Crippen LogP contribution in [0.3, 0.4) is 0 Å². The summed E-state index contributed by atoms with van der Waals surface area (Å²) in [5.74, 6) is -0.213. The Morgan fingerprint density at radius 1 is 1.21 bits per heavy atom. The third-order valence-corrected chi connectivity index (χ3v) is 2.60. The van der Waals surface area contributed by atoms with Gasteiger partial charge in [-0.2, -0.15) is 0 Å². The van der Waals surface area contributed by atoms with E-state index in [2.05, 4.69) is 15.5 Å². The molecule has 0 saturated carbocycles. The van der Waals surface area contributed by atoms with Gasteiger partial charge in [0.05, 0.1) is 17.5 Å². The zero-order valence-electron chi connectivity index (χ0n) is 9.85. The van der Waals surface area contributed by atoms with Crippen LogP contribution in [0.1, 0.15) is 10.4 Å². The lowest BCUT2D eigenvalue weighted by Gasteiger charge is -2.06. The van der Waals surface area contributed by atoms with Crippen molar-refractivity contribution in [3.05, 3.63) is 61.1 Å². The minimum atomic E-state index is -0.213. The normalized spacial score (nSPS) is 10.3. The van der Waals surface area contributed by atoms with Crippen LogP contribution in [-0.2, 0) is 0 Å². The molecule has 1 aromatic carbocycles. The van der Waals surface area contributed by atoms with Crippen LogP contribution in [0.15, 0.2) is 59.9 Å². The van der Waals surface area contributed by atoms with E-state index in [4.69, 9.17) is 4.42 Å². The lowest BCUT2D eigenvalue weighted by atomic mass is 10.2. The maximum Gasteiger partial charge on any atom is 0.258 e. The average molecular weight is 254 g/mol. The number of rotatable bonds is 3. The maximum atomic E-state index is 11.9. The summed E-state index contributed by atoms with van der Waals surface area (Å²) in [6.45, 7) is 0. The van der Waals surface area contributed by atoms with Gasteiger partial charge in [0, 0.05) is 5.69 Å². The Hall–Kier alpha value is -2.89. The van der Waals surface area contributed by atoms with Crippen LogP contribution in [0.5, 0.6) is 0 Å². The molecule has 0 aliphatic carbocycles. The molecule has 0 unspecified atom stereocenters. The molecule has 6 nitrogen and oxygen atoms in total. The molecule has 1 amide bonds. The molecule has 3 aromatic rings. The predicted molar refractivity (Wildman–Crippen MR) is 68.0 cm³/mol. The molecule has 1 N–H and O–H groups in total. The molecule has 94 valence electrons. The van der Waals surface area contributed by atoms with Gasteiger partial charge in [0.15, 0.2) is 0 Å². The molecule has 2 heterocycles. The number of nitrogens with one attached hydrogen (secondary N) is 1. The highest BCUT2D eigenvalue weighted by Crippen LogP contribution is 2.15. The molecular formula is C13H10N4O2. The molecule has 0 fully saturated rings. The summed E-state index contributed by atoms with van der Waals surface area (Å²) in [7, 11) is 0. The number of carbonyl (C=O) groups excluding carboxylic acids is 1. The van der Waals surface area contributed by atoms with Crippen molar-refractivity contribution in [1.29, 1.82) is 0 Å². The highest BCUT2D eigenvalue weighted by Gasteiger charge is 2.07. The quantitative estimate of drug-likeness (QED) is 0.776. The van der Waals surface area contributed by atoms with E-state index in [1.165, 1.54) is 12.5 Å². The largest absolute Gasteiger partial charge is 0.472 e. The van der Waals surface area contributed by atoms with Gasteiger partial charge in [0.25, 0.3) is 5.91 Å². The molecule has 0 bridgehead atoms. The van der Waals surface area contributed by atoms with Crippen LogP contribution in [-0.4, -0.2) is 20.7 Å². The topological polar surface area (TPSA) is 73.0 Å². The number of amides is 1. The lowest BCUT2D eigenvalue weighted by molar-refractivity contribution is 0.102. The Morgan fingerprint density at radius 2 is 2.05 bits per heavy atom. The van der Waals surface area contributed by atoms with Crippen molar-refractivity contribution in [2.45, 2.75) is 0 Å². The first kappa shape index (κ1) is 11.2. The van der Waals surface area contributed by atoms with Crippen LogP contribution < -0.4 is 5.32 Å². The van der Waals surface area contributed by atoms with Gasteiger partial charge in [0.2, 0.25) is 0 Å². The summed E-state index contributed by atoms with van der Waals surface area (Å²) in [6.07, 6.45) is 6.05. The van der Waals surface area contributed by atoms with Gasteiger partial charge in [-0.1, -0.05) is 6.07 Å². The molecule has 0 saturated heterocycles. The van der Waals surface area contributed by atoms with E-state index >= 15 is 0 Å². The van der Waals surface area contributed by atoms with Crippen LogP contribution in [0.2, 0.25) is 0 Å². The Bertz CT molecular complexity index is 675. The minimum absolute atomic E-state index is 0.213. The van der Waals surface area contributed by atoms with Crippen LogP contribution >= 0.6 is 0 Å². The first-order valence-corrected chi connectivity index (χ1v) is 5.61. The van der Waals surface area contributed by atoms with Crippen molar-refractivity contribution >= 4 is 11.6 Å². The van der Waals surface area contributed by atoms with E-state index in [1.807, 2.05) is 24.3 Å². The molecule has 0 radical (unpaired) electrons. The van der Waals surface area contributed by atoms with E-state index in [-0.39, 0.29) is 5.91 Å². The molecule has 19 heavy (non-hydrogen) atoms. The Balaban J connectivity index is 1.82. The van der Waals surface area contributed by atoms with Crippen molar-refractivity contribution < 1.29 is 9.21 Å². The zero-order chi connectivity index (χ0) is 13.1. The molecule has 3 rings (SSSR count). The van der Waals surface area contributed by atoms with Crippen molar-refractivity contribution in [3.8, 4) is 5.69 Å². The van der Waals surface area contributed by atoms with Crippen molar-refractivity contribution in [1.82, 2.24) is 14.8 Å². The fourth-order valence-electron chi connectivity index (χ4n) is 1.68. The molecule has 0 aliphatic rings. The van der Waals surface area contributed by atoms with Crippen molar-refractivity contribution in [3.63, 3.8) is 0 Å². The smallest absolute Gasteiger partial charge is 0.258 e. The molecule has 0 aliphatic heterocycles. The second-order valence-electron chi connectivity index (χ2n) is 3.89. The number of hydrogen-bond acceptors (Lipinski definition) is 4. The number of nitrogens with zero attached hydrogens (tertiary/aromatic N) is 3. The van der Waals surface area contributed by atoms with E-state index in [9.17, 15) is 4.79 Å². The maximum absolute atomic E-state index is 11.9. The third kappa shape index (κ3) is 2.37. The van der Waals surface area contributed by atoms with Gasteiger partial charge in [-0.25, -0.2) is 0 Å². The molecule has 6 heteroatoms. The standard InChI is InChI=1S/C13H10N4O2/c18-13(10-4-5-19-7-10)16-11-2-1-3-12(6-11)17-8-14-15-9-17/h1-9H,(H,16,18). The van der Waals surface area contributed by atoms with Gasteiger partial charge >= 0.3 is 0 Å². The van der Waals surface area contributed by atoms with Gasteiger partial charge in [-0.05, 0) is 24.3 Å². The Morgan fingerprint density at radius 3 is 2.79 bits per heavy atom. The van der Waals surface area contributed by atoms with E-state index in [1.54, 1.807) is 23.3 Å². The SMILES string of the molecule is O=C(Nc1cccc(-n2cnnc2)c1)c1ccoc1. The highest BCUT2D eigenvalue weighted by atomic mass is 16.3. The molecule has 2 aromatic heterocycles. The summed E-state index contributed by atoms with van der Waals surface area (Å²) < 4.78 is 6.63. The second kappa shape index (κ2) is 4.77. The predicted octanol–water partition coefficient (Wildman–Crippen LogP) is 2.11. The van der Waals surface area contributed by atoms with Crippen molar-refractivity contribution in [2.75, 3.05) is 5.32 Å². The molecule has 0 spiro atoms. The monoisotopic (exact) mass is 254 g/mol. The summed E-state index contributed by atoms with van der Waals surface area (Å²) in [6, 6.07) is 9.00. The number of aromatic nitrogens is 3. The summed E-state index contributed by atoms with van der Waals surface area (Å²) in [5.41, 5.74) is 2.04.